The molecule has 0 aliphatic carbocycles. The fourth-order valence-corrected chi connectivity index (χ4v) is 2.07. The minimum Gasteiger partial charge on any atom is -0.300 e. The van der Waals surface area contributed by atoms with E-state index < -0.39 is 0 Å². The van der Waals surface area contributed by atoms with Gasteiger partial charge in [-0.1, -0.05) is 50.3 Å². The van der Waals surface area contributed by atoms with Crippen molar-refractivity contribution in [2.24, 2.45) is 0 Å². The fraction of sp³-hybridized carbons (Fsp3) is 0.588. The molecule has 3 heteroatoms. The lowest BCUT2D eigenvalue weighted by Crippen LogP contribution is -2.02. The number of hydrogen-bond donors (Lipinski definition) is 1. The van der Waals surface area contributed by atoms with Crippen molar-refractivity contribution >= 4 is 11.5 Å². The third-order valence-electron chi connectivity index (χ3n) is 3.24. The molecule has 0 spiro atoms. The van der Waals surface area contributed by atoms with Crippen LogP contribution in [0.3, 0.4) is 0 Å². The zero-order valence-electron chi connectivity index (χ0n) is 12.6. The predicted molar refractivity (Wildman–Crippen MR) is 83.6 cm³/mol. The van der Waals surface area contributed by atoms with Crippen LogP contribution in [0.1, 0.15) is 58.3 Å². The third kappa shape index (κ3) is 9.56. The molecule has 0 bridgehead atoms. The van der Waals surface area contributed by atoms with Crippen LogP contribution in [0.15, 0.2) is 30.3 Å². The first-order valence-corrected chi connectivity index (χ1v) is 7.71. The molecule has 0 saturated heterocycles. The lowest BCUT2D eigenvalue weighted by Gasteiger charge is -2.06. The molecule has 1 rings (SSSR count). The highest BCUT2D eigenvalue weighted by Crippen LogP contribution is 2.09. The second-order valence-corrected chi connectivity index (χ2v) is 5.24. The highest BCUT2D eigenvalue weighted by molar-refractivity contribution is 5.75. The average molecular weight is 277 g/mol. The van der Waals surface area contributed by atoms with Gasteiger partial charge in [0, 0.05) is 6.42 Å². The minimum atomic E-state index is 0.313. The smallest absolute Gasteiger partial charge is 0.129 e. The summed E-state index contributed by atoms with van der Waals surface area (Å²) in [5.41, 5.74) is 3.94. The molecule has 0 aliphatic heterocycles. The van der Waals surface area contributed by atoms with E-state index in [0.29, 0.717) is 5.78 Å². The summed E-state index contributed by atoms with van der Waals surface area (Å²) >= 11 is 0. The summed E-state index contributed by atoms with van der Waals surface area (Å²) in [5.74, 6) is 0.313. The van der Waals surface area contributed by atoms with E-state index in [1.165, 1.54) is 32.1 Å². The van der Waals surface area contributed by atoms with E-state index in [0.717, 1.165) is 31.6 Å². The number of anilines is 1. The largest absolute Gasteiger partial charge is 0.300 e. The van der Waals surface area contributed by atoms with Crippen LogP contribution in [-0.4, -0.2) is 12.4 Å². The third-order valence-corrected chi connectivity index (χ3v) is 3.24. The maximum absolute atomic E-state index is 10.8. The lowest BCUT2D eigenvalue weighted by atomic mass is 10.1. The molecule has 1 aromatic rings. The standard InChI is InChI=1S/C17H27NO2/c1-16(19)12-8-5-3-2-4-6-11-15-20-18-17-13-9-7-10-14-17/h7,9-10,13-14,18H,2-6,8,11-12,15H2,1H3. The van der Waals surface area contributed by atoms with Gasteiger partial charge in [0.1, 0.15) is 5.78 Å². The number of ketones is 1. The van der Waals surface area contributed by atoms with E-state index in [2.05, 4.69) is 5.48 Å². The van der Waals surface area contributed by atoms with Crippen molar-refractivity contribution in [2.45, 2.75) is 58.3 Å². The van der Waals surface area contributed by atoms with Crippen LogP contribution in [0.5, 0.6) is 0 Å². The molecule has 0 aromatic heterocycles. The second-order valence-electron chi connectivity index (χ2n) is 5.24. The van der Waals surface area contributed by atoms with Gasteiger partial charge >= 0.3 is 0 Å². The normalized spacial score (nSPS) is 10.4. The molecule has 0 radical (unpaired) electrons. The number of benzene rings is 1. The van der Waals surface area contributed by atoms with Crippen molar-refractivity contribution in [3.8, 4) is 0 Å². The highest BCUT2D eigenvalue weighted by atomic mass is 16.6. The zero-order valence-corrected chi connectivity index (χ0v) is 12.6. The molecule has 1 N–H and O–H groups in total. The summed E-state index contributed by atoms with van der Waals surface area (Å²) in [5, 5.41) is 0. The Balaban J connectivity index is 1.80. The van der Waals surface area contributed by atoms with Crippen molar-refractivity contribution in [1.82, 2.24) is 0 Å². The average Bonchev–Trinajstić information content (AvgIpc) is 2.45. The Kier molecular flexibility index (Phi) is 9.58. The Labute approximate surface area is 122 Å². The van der Waals surface area contributed by atoms with Crippen LogP contribution < -0.4 is 5.48 Å². The SMILES string of the molecule is CC(=O)CCCCCCCCCONc1ccccc1. The number of nitrogens with one attached hydrogen (secondary N) is 1. The van der Waals surface area contributed by atoms with E-state index in [1.54, 1.807) is 6.92 Å². The zero-order chi connectivity index (χ0) is 14.5. The molecule has 0 amide bonds. The van der Waals surface area contributed by atoms with Crippen LogP contribution in [0.2, 0.25) is 0 Å². The summed E-state index contributed by atoms with van der Waals surface area (Å²) < 4.78 is 0. The first-order valence-electron chi connectivity index (χ1n) is 7.71. The number of Topliss-reactive ketones (excluding diaryl/α,β-unsaturated/α-hetero) is 1. The van der Waals surface area contributed by atoms with Gasteiger partial charge in [-0.2, -0.15) is 0 Å². The summed E-state index contributed by atoms with van der Waals surface area (Å²) in [7, 11) is 0. The maximum atomic E-state index is 10.8. The van der Waals surface area contributed by atoms with Crippen molar-refractivity contribution in [2.75, 3.05) is 12.1 Å². The van der Waals surface area contributed by atoms with E-state index >= 15 is 0 Å². The molecule has 0 heterocycles. The quantitative estimate of drug-likeness (QED) is 0.443. The number of carbonyl (C=O) groups excluding carboxylic acids is 1. The van der Waals surface area contributed by atoms with Gasteiger partial charge in [-0.05, 0) is 31.9 Å². The van der Waals surface area contributed by atoms with E-state index in [9.17, 15) is 4.79 Å². The Morgan fingerprint density at radius 1 is 0.950 bits per heavy atom. The van der Waals surface area contributed by atoms with Gasteiger partial charge in [0.25, 0.3) is 0 Å². The van der Waals surface area contributed by atoms with Crippen LogP contribution in [0.25, 0.3) is 0 Å². The molecule has 0 fully saturated rings. The minimum absolute atomic E-state index is 0.313. The summed E-state index contributed by atoms with van der Waals surface area (Å²) in [6.07, 6.45) is 9.07. The number of carbonyl (C=O) groups is 1. The van der Waals surface area contributed by atoms with Gasteiger partial charge in [0.15, 0.2) is 0 Å². The number of unbranched alkanes of at least 4 members (excludes halogenated alkanes) is 6. The summed E-state index contributed by atoms with van der Waals surface area (Å²) in [6, 6.07) is 9.93. The second kappa shape index (κ2) is 11.5. The summed E-state index contributed by atoms with van der Waals surface area (Å²) in [4.78, 5) is 16.2. The molecule has 0 aliphatic rings. The van der Waals surface area contributed by atoms with E-state index in [1.807, 2.05) is 30.3 Å². The van der Waals surface area contributed by atoms with Crippen LogP contribution in [0.4, 0.5) is 5.69 Å². The number of hydrogen-bond acceptors (Lipinski definition) is 3. The van der Waals surface area contributed by atoms with Crippen LogP contribution in [0, 0.1) is 0 Å². The van der Waals surface area contributed by atoms with Gasteiger partial charge in [-0.25, -0.2) is 0 Å². The molecule has 0 saturated carbocycles. The molecule has 1 aromatic carbocycles. The van der Waals surface area contributed by atoms with Crippen molar-refractivity contribution in [3.05, 3.63) is 30.3 Å². The molecular weight excluding hydrogens is 250 g/mol. The highest BCUT2D eigenvalue weighted by Gasteiger charge is 1.95. The first-order chi connectivity index (χ1) is 9.79. The van der Waals surface area contributed by atoms with Crippen molar-refractivity contribution in [3.63, 3.8) is 0 Å². The Morgan fingerprint density at radius 3 is 2.20 bits per heavy atom. The molecular formula is C17H27NO2. The Hall–Kier alpha value is -1.35. The maximum Gasteiger partial charge on any atom is 0.129 e. The van der Waals surface area contributed by atoms with Gasteiger partial charge < -0.3 is 4.79 Å². The number of rotatable bonds is 12. The van der Waals surface area contributed by atoms with E-state index in [4.69, 9.17) is 4.84 Å². The molecule has 0 atom stereocenters. The van der Waals surface area contributed by atoms with Gasteiger partial charge in [-0.3, -0.25) is 10.3 Å². The fourth-order valence-electron chi connectivity index (χ4n) is 2.07. The van der Waals surface area contributed by atoms with Crippen molar-refractivity contribution < 1.29 is 9.63 Å². The molecule has 20 heavy (non-hydrogen) atoms. The van der Waals surface area contributed by atoms with Gasteiger partial charge in [0.2, 0.25) is 0 Å². The molecule has 0 unspecified atom stereocenters. The Morgan fingerprint density at radius 2 is 1.55 bits per heavy atom. The molecule has 112 valence electrons. The van der Waals surface area contributed by atoms with Crippen LogP contribution >= 0.6 is 0 Å². The summed E-state index contributed by atoms with van der Waals surface area (Å²) in [6.45, 7) is 2.42. The first kappa shape index (κ1) is 16.7. The Bertz CT molecular complexity index is 351. The number of para-hydroxylation sites is 1. The molecule has 3 nitrogen and oxygen atoms in total. The topological polar surface area (TPSA) is 38.3 Å². The van der Waals surface area contributed by atoms with Crippen LogP contribution in [-0.2, 0) is 9.63 Å². The van der Waals surface area contributed by atoms with Gasteiger partial charge in [-0.15, -0.1) is 0 Å². The lowest BCUT2D eigenvalue weighted by molar-refractivity contribution is -0.117. The van der Waals surface area contributed by atoms with Gasteiger partial charge in [0.05, 0.1) is 12.3 Å². The monoisotopic (exact) mass is 277 g/mol. The van der Waals surface area contributed by atoms with Crippen molar-refractivity contribution in [1.29, 1.82) is 0 Å². The van der Waals surface area contributed by atoms with E-state index in [-0.39, 0.29) is 0 Å². The predicted octanol–water partition coefficient (Wildman–Crippen LogP) is 4.74.